The van der Waals surface area contributed by atoms with Crippen LogP contribution in [0.4, 0.5) is 0 Å². The molecule has 1 atom stereocenters. The summed E-state index contributed by atoms with van der Waals surface area (Å²) in [5, 5.41) is 0. The Labute approximate surface area is 118 Å². The second-order valence-electron chi connectivity index (χ2n) is 4.93. The molecule has 1 unspecified atom stereocenters. The smallest absolute Gasteiger partial charge is 0.310 e. The van der Waals surface area contributed by atoms with Crippen LogP contribution in [0.5, 0.6) is 0 Å². The molecule has 2 N–H and O–H groups in total. The van der Waals surface area contributed by atoms with Crippen LogP contribution in [0.15, 0.2) is 24.3 Å². The number of benzene rings is 1. The van der Waals surface area contributed by atoms with Gasteiger partial charge in [-0.3, -0.25) is 9.59 Å². The molecule has 1 aliphatic rings. The Morgan fingerprint density at radius 1 is 1.35 bits per heavy atom. The largest absolute Gasteiger partial charge is 0.466 e. The number of amides is 1. The van der Waals surface area contributed by atoms with Gasteiger partial charge in [0.15, 0.2) is 0 Å². The summed E-state index contributed by atoms with van der Waals surface area (Å²) in [5.74, 6) is -0.623. The first-order valence-electron chi connectivity index (χ1n) is 6.71. The van der Waals surface area contributed by atoms with Crippen molar-refractivity contribution in [2.24, 2.45) is 5.73 Å². The number of ether oxygens (including phenoxy) is 2. The molecule has 108 valence electrons. The Morgan fingerprint density at radius 2 is 2.05 bits per heavy atom. The van der Waals surface area contributed by atoms with E-state index >= 15 is 0 Å². The zero-order valence-corrected chi connectivity index (χ0v) is 11.6. The fraction of sp³-hybridized carbons (Fsp3) is 0.467. The van der Waals surface area contributed by atoms with Gasteiger partial charge >= 0.3 is 5.97 Å². The maximum atomic E-state index is 11.7. The lowest BCUT2D eigenvalue weighted by atomic mass is 9.79. The molecule has 2 rings (SSSR count). The third-order valence-electron chi connectivity index (χ3n) is 3.65. The molecule has 1 saturated heterocycles. The van der Waals surface area contributed by atoms with Crippen LogP contribution in [-0.4, -0.2) is 31.7 Å². The second kappa shape index (κ2) is 6.05. The first-order chi connectivity index (χ1) is 9.58. The van der Waals surface area contributed by atoms with Crippen LogP contribution in [-0.2, 0) is 30.9 Å². The van der Waals surface area contributed by atoms with E-state index in [4.69, 9.17) is 15.2 Å². The Morgan fingerprint density at radius 3 is 2.55 bits per heavy atom. The molecule has 0 radical (unpaired) electrons. The van der Waals surface area contributed by atoms with E-state index in [0.717, 1.165) is 11.1 Å². The van der Waals surface area contributed by atoms with Crippen molar-refractivity contribution < 1.29 is 19.1 Å². The highest BCUT2D eigenvalue weighted by Gasteiger charge is 2.42. The van der Waals surface area contributed by atoms with Crippen molar-refractivity contribution in [3.05, 3.63) is 35.4 Å². The van der Waals surface area contributed by atoms with Crippen molar-refractivity contribution in [2.45, 2.75) is 25.2 Å². The third kappa shape index (κ3) is 2.82. The maximum absolute atomic E-state index is 11.7. The Bertz CT molecular complexity index is 489. The quantitative estimate of drug-likeness (QED) is 0.812. The summed E-state index contributed by atoms with van der Waals surface area (Å²) in [6, 6.07) is 7.34. The van der Waals surface area contributed by atoms with Crippen LogP contribution < -0.4 is 5.73 Å². The van der Waals surface area contributed by atoms with Gasteiger partial charge in [0.2, 0.25) is 5.91 Å². The molecule has 1 heterocycles. The van der Waals surface area contributed by atoms with Gasteiger partial charge in [0.1, 0.15) is 0 Å². The van der Waals surface area contributed by atoms with Gasteiger partial charge in [-0.25, -0.2) is 0 Å². The van der Waals surface area contributed by atoms with Gasteiger partial charge in [0.05, 0.1) is 25.0 Å². The van der Waals surface area contributed by atoms with E-state index in [9.17, 15) is 9.59 Å². The predicted molar refractivity (Wildman–Crippen MR) is 73.1 cm³/mol. The first kappa shape index (κ1) is 14.5. The number of nitrogens with two attached hydrogens (primary N) is 1. The molecular weight excluding hydrogens is 258 g/mol. The number of hydrogen-bond donors (Lipinski definition) is 1. The number of primary amides is 1. The van der Waals surface area contributed by atoms with Gasteiger partial charge in [0, 0.05) is 6.61 Å². The van der Waals surface area contributed by atoms with Gasteiger partial charge in [-0.05, 0) is 24.5 Å². The van der Waals surface area contributed by atoms with Crippen LogP contribution in [0.3, 0.4) is 0 Å². The van der Waals surface area contributed by atoms with E-state index in [1.54, 1.807) is 6.92 Å². The molecule has 0 saturated carbocycles. The van der Waals surface area contributed by atoms with Gasteiger partial charge < -0.3 is 15.2 Å². The monoisotopic (exact) mass is 277 g/mol. The number of carbonyl (C=O) groups is 2. The summed E-state index contributed by atoms with van der Waals surface area (Å²) in [6.07, 6.45) is 0.827. The van der Waals surface area contributed by atoms with Gasteiger partial charge in [-0.1, -0.05) is 24.3 Å². The number of esters is 1. The fourth-order valence-corrected chi connectivity index (χ4v) is 2.45. The minimum atomic E-state index is -0.734. The summed E-state index contributed by atoms with van der Waals surface area (Å²) >= 11 is 0. The van der Waals surface area contributed by atoms with E-state index in [1.165, 1.54) is 0 Å². The summed E-state index contributed by atoms with van der Waals surface area (Å²) in [4.78, 5) is 23.1. The molecule has 5 nitrogen and oxygen atoms in total. The minimum Gasteiger partial charge on any atom is -0.466 e. The molecule has 5 heteroatoms. The molecule has 1 fully saturated rings. The number of carbonyl (C=O) groups excluding carboxylic acids is 2. The van der Waals surface area contributed by atoms with Crippen molar-refractivity contribution >= 4 is 11.9 Å². The Hall–Kier alpha value is -1.88. The fourth-order valence-electron chi connectivity index (χ4n) is 2.45. The maximum Gasteiger partial charge on any atom is 0.310 e. The SMILES string of the molecule is CCOC(=O)Cc1ccc(C2(C(N)=O)CCOC2)cc1. The zero-order valence-electron chi connectivity index (χ0n) is 11.6. The molecule has 20 heavy (non-hydrogen) atoms. The minimum absolute atomic E-state index is 0.230. The highest BCUT2D eigenvalue weighted by molar-refractivity contribution is 5.87. The molecule has 0 aromatic heterocycles. The molecule has 1 amide bonds. The van der Waals surface area contributed by atoms with E-state index < -0.39 is 5.41 Å². The molecule has 0 bridgehead atoms. The Kier molecular flexibility index (Phi) is 4.39. The molecule has 1 aromatic rings. The first-order valence-corrected chi connectivity index (χ1v) is 6.71. The van der Waals surface area contributed by atoms with Crippen LogP contribution in [0.2, 0.25) is 0 Å². The standard InChI is InChI=1S/C15H19NO4/c1-2-20-13(17)9-11-3-5-12(6-4-11)15(14(16)18)7-8-19-10-15/h3-6H,2,7-10H2,1H3,(H2,16,18). The van der Waals surface area contributed by atoms with Crippen molar-refractivity contribution in [3.8, 4) is 0 Å². The molecule has 1 aromatic carbocycles. The third-order valence-corrected chi connectivity index (χ3v) is 3.65. The molecule has 0 spiro atoms. The summed E-state index contributed by atoms with van der Waals surface area (Å²) in [5.41, 5.74) is 6.49. The Balaban J connectivity index is 2.15. The average molecular weight is 277 g/mol. The lowest BCUT2D eigenvalue weighted by Gasteiger charge is -2.24. The molecular formula is C15H19NO4. The lowest BCUT2D eigenvalue weighted by Crippen LogP contribution is -2.41. The van der Waals surface area contributed by atoms with Crippen molar-refractivity contribution in [1.29, 1.82) is 0 Å². The summed E-state index contributed by atoms with van der Waals surface area (Å²) in [6.45, 7) is 3.00. The molecule has 1 aliphatic heterocycles. The lowest BCUT2D eigenvalue weighted by molar-refractivity contribution is -0.142. The van der Waals surface area contributed by atoms with Gasteiger partial charge in [-0.2, -0.15) is 0 Å². The van der Waals surface area contributed by atoms with Gasteiger partial charge in [0.25, 0.3) is 0 Å². The van der Waals surface area contributed by atoms with Crippen LogP contribution in [0.25, 0.3) is 0 Å². The highest BCUT2D eigenvalue weighted by atomic mass is 16.5. The topological polar surface area (TPSA) is 78.6 Å². The van der Waals surface area contributed by atoms with Crippen molar-refractivity contribution in [2.75, 3.05) is 19.8 Å². The van der Waals surface area contributed by atoms with Crippen LogP contribution >= 0.6 is 0 Å². The number of hydrogen-bond acceptors (Lipinski definition) is 4. The number of rotatable bonds is 5. The van der Waals surface area contributed by atoms with E-state index in [1.807, 2.05) is 24.3 Å². The summed E-state index contributed by atoms with van der Waals surface area (Å²) < 4.78 is 10.2. The average Bonchev–Trinajstić information content (AvgIpc) is 2.90. The zero-order chi connectivity index (χ0) is 14.6. The summed E-state index contributed by atoms with van der Waals surface area (Å²) in [7, 11) is 0. The van der Waals surface area contributed by atoms with E-state index in [-0.39, 0.29) is 18.3 Å². The second-order valence-corrected chi connectivity index (χ2v) is 4.93. The van der Waals surface area contributed by atoms with Crippen molar-refractivity contribution in [3.63, 3.8) is 0 Å². The normalized spacial score (nSPS) is 21.6. The van der Waals surface area contributed by atoms with Crippen molar-refractivity contribution in [1.82, 2.24) is 0 Å². The van der Waals surface area contributed by atoms with Crippen LogP contribution in [0, 0.1) is 0 Å². The predicted octanol–water partition coefficient (Wildman–Crippen LogP) is 0.936. The van der Waals surface area contributed by atoms with Crippen LogP contribution in [0.1, 0.15) is 24.5 Å². The molecule has 0 aliphatic carbocycles. The van der Waals surface area contributed by atoms with E-state index in [0.29, 0.717) is 26.2 Å². The highest BCUT2D eigenvalue weighted by Crippen LogP contribution is 2.33. The van der Waals surface area contributed by atoms with E-state index in [2.05, 4.69) is 0 Å². The van der Waals surface area contributed by atoms with Gasteiger partial charge in [-0.15, -0.1) is 0 Å².